The Hall–Kier alpha value is -0.430. The van der Waals surface area contributed by atoms with Gasteiger partial charge in [-0.15, -0.1) is 0 Å². The van der Waals surface area contributed by atoms with Crippen LogP contribution in [-0.2, 0) is 10.2 Å². The Morgan fingerprint density at radius 2 is 1.68 bits per heavy atom. The second-order valence-corrected chi connectivity index (χ2v) is 10.4. The highest BCUT2D eigenvalue weighted by atomic mass is 79.9. The Balaban J connectivity index is 2.58. The van der Waals surface area contributed by atoms with Crippen LogP contribution in [-0.4, -0.2) is 34.7 Å². The average Bonchev–Trinajstić information content (AvgIpc) is 2.60. The largest absolute Gasteiger partial charge is 0.283 e. The van der Waals surface area contributed by atoms with E-state index in [0.29, 0.717) is 6.54 Å². The highest BCUT2D eigenvalue weighted by molar-refractivity contribution is 9.10. The second-order valence-electron chi connectivity index (χ2n) is 7.75. The molecule has 22 heavy (non-hydrogen) atoms. The number of benzene rings is 1. The van der Waals surface area contributed by atoms with E-state index in [9.17, 15) is 8.42 Å². The molecule has 0 N–H and O–H groups in total. The van der Waals surface area contributed by atoms with Crippen molar-refractivity contribution in [1.82, 2.24) is 8.61 Å². The highest BCUT2D eigenvalue weighted by Gasteiger charge is 2.52. The summed E-state index contributed by atoms with van der Waals surface area (Å²) in [5.74, 6) is 0. The minimum absolute atomic E-state index is 0.179. The Bertz CT molecular complexity index is 659. The van der Waals surface area contributed by atoms with Crippen LogP contribution in [0.4, 0.5) is 0 Å². The summed E-state index contributed by atoms with van der Waals surface area (Å²) < 4.78 is 30.4. The van der Waals surface area contributed by atoms with Crippen molar-refractivity contribution >= 4 is 26.1 Å². The molecule has 0 spiro atoms. The third kappa shape index (κ3) is 3.25. The van der Waals surface area contributed by atoms with Crippen molar-refractivity contribution in [2.75, 3.05) is 6.54 Å². The first kappa shape index (κ1) is 17.9. The van der Waals surface area contributed by atoms with E-state index >= 15 is 0 Å². The molecule has 1 aromatic carbocycles. The van der Waals surface area contributed by atoms with Crippen molar-refractivity contribution in [3.63, 3.8) is 0 Å². The summed E-state index contributed by atoms with van der Waals surface area (Å²) in [6.07, 6.45) is 0. The fourth-order valence-electron chi connectivity index (χ4n) is 2.98. The molecule has 6 heteroatoms. The minimum atomic E-state index is -3.50. The van der Waals surface area contributed by atoms with Gasteiger partial charge in [-0.25, -0.2) is 0 Å². The molecule has 0 bridgehead atoms. The number of hydrogen-bond acceptors (Lipinski definition) is 2. The highest BCUT2D eigenvalue weighted by Crippen LogP contribution is 2.42. The number of nitrogens with zero attached hydrogens (tertiary/aromatic N) is 2. The van der Waals surface area contributed by atoms with E-state index < -0.39 is 21.3 Å². The molecule has 0 aliphatic carbocycles. The van der Waals surface area contributed by atoms with Crippen LogP contribution in [0.15, 0.2) is 28.7 Å². The van der Waals surface area contributed by atoms with Crippen molar-refractivity contribution in [2.24, 2.45) is 0 Å². The molecular weight excluding hydrogens is 364 g/mol. The number of rotatable bonds is 1. The summed E-state index contributed by atoms with van der Waals surface area (Å²) in [5, 5.41) is 0. The quantitative estimate of drug-likeness (QED) is 0.730. The summed E-state index contributed by atoms with van der Waals surface area (Å²) >= 11 is 3.48. The SMILES string of the molecule is CC(C)(C)N1C[C@H](c2cccc(Br)c2)N(C(C)(C)C)S1(=O)=O. The lowest BCUT2D eigenvalue weighted by molar-refractivity contribution is 0.205. The lowest BCUT2D eigenvalue weighted by Crippen LogP contribution is -2.49. The molecule has 1 aliphatic heterocycles. The predicted molar refractivity (Wildman–Crippen MR) is 93.9 cm³/mol. The smallest absolute Gasteiger partial charge is 0.195 e. The van der Waals surface area contributed by atoms with E-state index in [1.165, 1.54) is 0 Å². The normalized spacial score (nSPS) is 23.9. The molecule has 0 unspecified atom stereocenters. The van der Waals surface area contributed by atoms with Gasteiger partial charge in [0, 0.05) is 22.1 Å². The molecule has 4 nitrogen and oxygen atoms in total. The average molecular weight is 389 g/mol. The maximum absolute atomic E-state index is 13.1. The Morgan fingerprint density at radius 3 is 2.14 bits per heavy atom. The van der Waals surface area contributed by atoms with Gasteiger partial charge in [0.15, 0.2) is 0 Å². The van der Waals surface area contributed by atoms with E-state index in [1.54, 1.807) is 8.61 Å². The molecule has 1 aromatic rings. The first-order valence-corrected chi connectivity index (χ1v) is 9.62. The fraction of sp³-hybridized carbons (Fsp3) is 0.625. The Kier molecular flexibility index (Phi) is 4.55. The lowest BCUT2D eigenvalue weighted by Gasteiger charge is -2.36. The maximum Gasteiger partial charge on any atom is 0.283 e. The fourth-order valence-corrected chi connectivity index (χ4v) is 5.83. The van der Waals surface area contributed by atoms with Crippen LogP contribution in [0.5, 0.6) is 0 Å². The molecule has 1 fully saturated rings. The lowest BCUT2D eigenvalue weighted by atomic mass is 10.00. The van der Waals surface area contributed by atoms with Crippen molar-refractivity contribution in [1.29, 1.82) is 0 Å². The standard InChI is InChI=1S/C16H25BrN2O2S/c1-15(2,3)18-11-14(12-8-7-9-13(17)10-12)19(16(4,5)6)22(18,20)21/h7-10,14H,11H2,1-6H3/t14-/m1/s1. The van der Waals surface area contributed by atoms with Gasteiger partial charge >= 0.3 is 0 Å². The van der Waals surface area contributed by atoms with Gasteiger partial charge in [-0.2, -0.15) is 17.0 Å². The Morgan fingerprint density at radius 1 is 1.09 bits per heavy atom. The van der Waals surface area contributed by atoms with Crippen LogP contribution in [0.1, 0.15) is 53.1 Å². The van der Waals surface area contributed by atoms with Crippen molar-refractivity contribution < 1.29 is 8.42 Å². The molecule has 1 atom stereocenters. The van der Waals surface area contributed by atoms with Crippen molar-refractivity contribution in [3.05, 3.63) is 34.3 Å². The van der Waals surface area contributed by atoms with Gasteiger partial charge in [-0.3, -0.25) is 0 Å². The first-order chi connectivity index (χ1) is 9.85. The molecular formula is C16H25BrN2O2S. The zero-order valence-electron chi connectivity index (χ0n) is 14.1. The molecule has 1 aliphatic rings. The predicted octanol–water partition coefficient (Wildman–Crippen LogP) is 3.95. The molecule has 124 valence electrons. The minimum Gasteiger partial charge on any atom is -0.195 e. The van der Waals surface area contributed by atoms with Crippen LogP contribution >= 0.6 is 15.9 Å². The van der Waals surface area contributed by atoms with Gasteiger partial charge in [0.05, 0.1) is 6.04 Å². The number of halogens is 1. The maximum atomic E-state index is 13.1. The third-order valence-electron chi connectivity index (χ3n) is 3.79. The van der Waals surface area contributed by atoms with Crippen LogP contribution in [0.3, 0.4) is 0 Å². The third-order valence-corrected chi connectivity index (χ3v) is 6.84. The van der Waals surface area contributed by atoms with E-state index in [2.05, 4.69) is 15.9 Å². The van der Waals surface area contributed by atoms with E-state index in [4.69, 9.17) is 0 Å². The van der Waals surface area contributed by atoms with E-state index in [0.717, 1.165) is 10.0 Å². The summed E-state index contributed by atoms with van der Waals surface area (Å²) in [7, 11) is -3.50. The molecule has 0 radical (unpaired) electrons. The van der Waals surface area contributed by atoms with Gasteiger partial charge in [0.1, 0.15) is 0 Å². The van der Waals surface area contributed by atoms with Gasteiger partial charge in [0.2, 0.25) is 0 Å². The first-order valence-electron chi connectivity index (χ1n) is 7.43. The van der Waals surface area contributed by atoms with Crippen molar-refractivity contribution in [2.45, 2.75) is 58.7 Å². The molecule has 2 rings (SSSR count). The summed E-state index contributed by atoms with van der Waals surface area (Å²) in [6.45, 7) is 12.1. The molecule has 0 saturated carbocycles. The molecule has 1 saturated heterocycles. The van der Waals surface area contributed by atoms with Crippen molar-refractivity contribution in [3.8, 4) is 0 Å². The summed E-state index contributed by atoms with van der Waals surface area (Å²) in [4.78, 5) is 0. The van der Waals surface area contributed by atoms with Gasteiger partial charge < -0.3 is 0 Å². The summed E-state index contributed by atoms with van der Waals surface area (Å²) in [5.41, 5.74) is 0.0918. The van der Waals surface area contributed by atoms with Crippen LogP contribution in [0, 0.1) is 0 Å². The topological polar surface area (TPSA) is 40.6 Å². The monoisotopic (exact) mass is 388 g/mol. The zero-order chi connectivity index (χ0) is 16.9. The Labute approximate surface area is 142 Å². The van der Waals surface area contributed by atoms with Gasteiger partial charge in [0.25, 0.3) is 10.2 Å². The van der Waals surface area contributed by atoms with Gasteiger partial charge in [-0.05, 0) is 59.2 Å². The zero-order valence-corrected chi connectivity index (χ0v) is 16.5. The second kappa shape index (κ2) is 5.58. The summed E-state index contributed by atoms with van der Waals surface area (Å²) in [6, 6.07) is 7.73. The van der Waals surface area contributed by atoms with Crippen LogP contribution < -0.4 is 0 Å². The van der Waals surface area contributed by atoms with E-state index in [1.807, 2.05) is 65.8 Å². The molecule has 0 amide bonds. The van der Waals surface area contributed by atoms with E-state index in [-0.39, 0.29) is 6.04 Å². The number of hydrogen-bond donors (Lipinski definition) is 0. The van der Waals surface area contributed by atoms with Gasteiger partial charge in [-0.1, -0.05) is 28.1 Å². The van der Waals surface area contributed by atoms with Crippen LogP contribution in [0.25, 0.3) is 0 Å². The molecule has 0 aromatic heterocycles. The molecule has 1 heterocycles. The van der Waals surface area contributed by atoms with Crippen LogP contribution in [0.2, 0.25) is 0 Å².